The van der Waals surface area contributed by atoms with Crippen molar-refractivity contribution in [3.05, 3.63) is 57.4 Å². The Morgan fingerprint density at radius 2 is 2.00 bits per heavy atom. The Morgan fingerprint density at radius 3 is 2.55 bits per heavy atom. The number of hydrogen-bond donors (Lipinski definition) is 2. The number of aromatic nitrogens is 1. The van der Waals surface area contributed by atoms with Crippen LogP contribution in [0.2, 0.25) is 0 Å². The molecule has 1 heterocycles. The van der Waals surface area contributed by atoms with Gasteiger partial charge in [-0.2, -0.15) is 0 Å². The molecule has 1 aromatic heterocycles. The number of rotatable bonds is 4. The minimum atomic E-state index is -0.635. The third-order valence-electron chi connectivity index (χ3n) is 3.11. The average molecular weight is 302 g/mol. The highest BCUT2D eigenvalue weighted by molar-refractivity contribution is 6.07. The lowest BCUT2D eigenvalue weighted by atomic mass is 10.1. The van der Waals surface area contributed by atoms with Gasteiger partial charge >= 0.3 is 0 Å². The zero-order chi connectivity index (χ0) is 16.4. The fraction of sp³-hybridized carbons (Fsp3) is 0.143. The molecule has 0 radical (unpaired) electrons. The maximum absolute atomic E-state index is 12.2. The van der Waals surface area contributed by atoms with E-state index in [9.17, 15) is 19.7 Å². The molecule has 114 valence electrons. The summed E-state index contributed by atoms with van der Waals surface area (Å²) in [6.45, 7) is 1.73. The van der Waals surface area contributed by atoms with Gasteiger partial charge in [-0.15, -0.1) is 0 Å². The summed E-state index contributed by atoms with van der Waals surface area (Å²) in [5.41, 5.74) is 6.13. The molecule has 0 aliphatic carbocycles. The van der Waals surface area contributed by atoms with Crippen LogP contribution in [0.1, 0.15) is 26.4 Å². The maximum atomic E-state index is 12.2. The SMILES string of the molecule is Cc1ccc([N+](=O)[O-])c(C(=O)Nc2cc(C(N)=O)n(C)c2)c1. The lowest BCUT2D eigenvalue weighted by molar-refractivity contribution is -0.385. The number of amides is 2. The predicted molar refractivity (Wildman–Crippen MR) is 79.7 cm³/mol. The van der Waals surface area contributed by atoms with Gasteiger partial charge in [0, 0.05) is 19.3 Å². The number of carbonyl (C=O) groups excluding carboxylic acids is 2. The van der Waals surface area contributed by atoms with E-state index in [0.717, 1.165) is 5.56 Å². The number of nitrogens with one attached hydrogen (secondary N) is 1. The van der Waals surface area contributed by atoms with Gasteiger partial charge in [0.15, 0.2) is 0 Å². The predicted octanol–water partition coefficient (Wildman–Crippen LogP) is 1.59. The number of hydrogen-bond acceptors (Lipinski definition) is 4. The third kappa shape index (κ3) is 2.95. The van der Waals surface area contributed by atoms with E-state index in [1.165, 1.54) is 29.0 Å². The van der Waals surface area contributed by atoms with Crippen molar-refractivity contribution < 1.29 is 14.5 Å². The molecule has 2 aromatic rings. The van der Waals surface area contributed by atoms with Gasteiger partial charge in [-0.05, 0) is 24.6 Å². The molecular weight excluding hydrogens is 288 g/mol. The standard InChI is InChI=1S/C14H14N4O4/c1-8-3-4-11(18(21)22)10(5-8)14(20)16-9-6-12(13(15)19)17(2)7-9/h3-7H,1-2H3,(H2,15,19)(H,16,20). The second-order valence-electron chi connectivity index (χ2n) is 4.82. The van der Waals surface area contributed by atoms with E-state index in [1.54, 1.807) is 20.0 Å². The molecule has 2 amide bonds. The molecule has 8 heteroatoms. The van der Waals surface area contributed by atoms with Gasteiger partial charge < -0.3 is 15.6 Å². The number of nitro groups is 1. The number of benzene rings is 1. The van der Waals surface area contributed by atoms with Gasteiger partial charge in [-0.25, -0.2) is 0 Å². The Balaban J connectivity index is 2.33. The Morgan fingerprint density at radius 1 is 1.32 bits per heavy atom. The average Bonchev–Trinajstić information content (AvgIpc) is 2.79. The van der Waals surface area contributed by atoms with Crippen molar-refractivity contribution in [2.45, 2.75) is 6.92 Å². The summed E-state index contributed by atoms with van der Waals surface area (Å²) in [5, 5.41) is 13.5. The number of primary amides is 1. The molecule has 0 atom stereocenters. The lowest BCUT2D eigenvalue weighted by Crippen LogP contribution is -2.14. The van der Waals surface area contributed by atoms with Crippen LogP contribution in [0.15, 0.2) is 30.5 Å². The molecule has 0 bridgehead atoms. The summed E-state index contributed by atoms with van der Waals surface area (Å²) in [5.74, 6) is -1.26. The van der Waals surface area contributed by atoms with Crippen molar-refractivity contribution >= 4 is 23.2 Å². The Kier molecular flexibility index (Phi) is 3.93. The van der Waals surface area contributed by atoms with Gasteiger partial charge in [-0.1, -0.05) is 6.07 Å². The first-order valence-electron chi connectivity index (χ1n) is 6.32. The van der Waals surface area contributed by atoms with Crippen LogP contribution in [0, 0.1) is 17.0 Å². The van der Waals surface area contributed by atoms with Crippen molar-refractivity contribution in [3.63, 3.8) is 0 Å². The number of aryl methyl sites for hydroxylation is 2. The Bertz CT molecular complexity index is 779. The van der Waals surface area contributed by atoms with Crippen LogP contribution in [0.4, 0.5) is 11.4 Å². The van der Waals surface area contributed by atoms with Gasteiger partial charge in [-0.3, -0.25) is 19.7 Å². The van der Waals surface area contributed by atoms with Gasteiger partial charge in [0.05, 0.1) is 10.6 Å². The molecule has 0 spiro atoms. The van der Waals surface area contributed by atoms with E-state index < -0.39 is 16.7 Å². The van der Waals surface area contributed by atoms with Crippen molar-refractivity contribution in [2.24, 2.45) is 12.8 Å². The van der Waals surface area contributed by atoms with Crippen LogP contribution in [-0.2, 0) is 7.05 Å². The minimum Gasteiger partial charge on any atom is -0.364 e. The Hall–Kier alpha value is -3.16. The van der Waals surface area contributed by atoms with Crippen molar-refractivity contribution in [1.82, 2.24) is 4.57 Å². The Labute approximate surface area is 125 Å². The first kappa shape index (κ1) is 15.2. The highest BCUT2D eigenvalue weighted by Crippen LogP contribution is 2.22. The number of anilines is 1. The topological polar surface area (TPSA) is 120 Å². The molecule has 0 unspecified atom stereocenters. The molecule has 0 aliphatic rings. The molecule has 0 saturated carbocycles. The van der Waals surface area contributed by atoms with Crippen LogP contribution < -0.4 is 11.1 Å². The van der Waals surface area contributed by atoms with E-state index in [-0.39, 0.29) is 16.9 Å². The fourth-order valence-corrected chi connectivity index (χ4v) is 2.07. The smallest absolute Gasteiger partial charge is 0.282 e. The molecule has 0 fully saturated rings. The van der Waals surface area contributed by atoms with Crippen LogP contribution in [0.3, 0.4) is 0 Å². The molecule has 8 nitrogen and oxygen atoms in total. The molecule has 1 aromatic carbocycles. The van der Waals surface area contributed by atoms with E-state index in [2.05, 4.69) is 5.32 Å². The van der Waals surface area contributed by atoms with Crippen LogP contribution in [0.25, 0.3) is 0 Å². The highest BCUT2D eigenvalue weighted by atomic mass is 16.6. The molecule has 0 saturated heterocycles. The van der Waals surface area contributed by atoms with Crippen molar-refractivity contribution in [2.75, 3.05) is 5.32 Å². The summed E-state index contributed by atoms with van der Waals surface area (Å²) in [4.78, 5) is 33.8. The van der Waals surface area contributed by atoms with E-state index >= 15 is 0 Å². The molecule has 2 rings (SSSR count). The second-order valence-corrected chi connectivity index (χ2v) is 4.82. The first-order chi connectivity index (χ1) is 10.3. The molecule has 22 heavy (non-hydrogen) atoms. The third-order valence-corrected chi connectivity index (χ3v) is 3.11. The fourth-order valence-electron chi connectivity index (χ4n) is 2.07. The normalized spacial score (nSPS) is 10.3. The van der Waals surface area contributed by atoms with Gasteiger partial charge in [0.2, 0.25) is 0 Å². The lowest BCUT2D eigenvalue weighted by Gasteiger charge is -2.05. The number of nitrogens with two attached hydrogens (primary N) is 1. The number of nitro benzene ring substituents is 1. The first-order valence-corrected chi connectivity index (χ1v) is 6.32. The minimum absolute atomic E-state index is 0.0468. The summed E-state index contributed by atoms with van der Waals surface area (Å²) < 4.78 is 1.46. The number of carbonyl (C=O) groups is 2. The van der Waals surface area contributed by atoms with Crippen LogP contribution in [0.5, 0.6) is 0 Å². The summed E-state index contributed by atoms with van der Waals surface area (Å²) in [6, 6.07) is 5.68. The zero-order valence-corrected chi connectivity index (χ0v) is 12.0. The molecule has 0 aliphatic heterocycles. The van der Waals surface area contributed by atoms with E-state index in [4.69, 9.17) is 5.73 Å². The molecule has 3 N–H and O–H groups in total. The monoisotopic (exact) mass is 302 g/mol. The van der Waals surface area contributed by atoms with Gasteiger partial charge in [0.25, 0.3) is 17.5 Å². The quantitative estimate of drug-likeness (QED) is 0.658. The molecular formula is C14H14N4O4. The summed E-state index contributed by atoms with van der Waals surface area (Å²) in [6.07, 6.45) is 1.50. The van der Waals surface area contributed by atoms with Crippen LogP contribution in [-0.4, -0.2) is 21.3 Å². The van der Waals surface area contributed by atoms with Crippen molar-refractivity contribution in [3.8, 4) is 0 Å². The van der Waals surface area contributed by atoms with E-state index in [0.29, 0.717) is 5.69 Å². The van der Waals surface area contributed by atoms with Crippen molar-refractivity contribution in [1.29, 1.82) is 0 Å². The summed E-state index contributed by atoms with van der Waals surface area (Å²) in [7, 11) is 1.60. The summed E-state index contributed by atoms with van der Waals surface area (Å²) >= 11 is 0. The second kappa shape index (κ2) is 5.68. The van der Waals surface area contributed by atoms with Crippen LogP contribution >= 0.6 is 0 Å². The number of nitrogens with zero attached hydrogens (tertiary/aromatic N) is 2. The zero-order valence-electron chi connectivity index (χ0n) is 12.0. The highest BCUT2D eigenvalue weighted by Gasteiger charge is 2.21. The largest absolute Gasteiger partial charge is 0.364 e. The maximum Gasteiger partial charge on any atom is 0.282 e. The van der Waals surface area contributed by atoms with Gasteiger partial charge in [0.1, 0.15) is 11.3 Å². The van der Waals surface area contributed by atoms with E-state index in [1.807, 2.05) is 0 Å².